The van der Waals surface area contributed by atoms with Gasteiger partial charge in [-0.3, -0.25) is 28.8 Å². The molecule has 2 fully saturated rings. The molecule has 2 aromatic carbocycles. The van der Waals surface area contributed by atoms with Crippen LogP contribution in [0.25, 0.3) is 11.0 Å². The van der Waals surface area contributed by atoms with Crippen LogP contribution in [0.2, 0.25) is 0 Å². The number of nitrogens with zero attached hydrogens (tertiary/aromatic N) is 2. The zero-order valence-electron chi connectivity index (χ0n) is 21.4. The lowest BCUT2D eigenvalue weighted by molar-refractivity contribution is -0.147. The first kappa shape index (κ1) is 25.9. The second-order valence-corrected chi connectivity index (χ2v) is 9.89. The third-order valence-electron chi connectivity index (χ3n) is 7.24. The third kappa shape index (κ3) is 5.56. The van der Waals surface area contributed by atoms with Crippen molar-refractivity contribution >= 4 is 28.8 Å². The molecule has 0 bridgehead atoms. The van der Waals surface area contributed by atoms with Crippen LogP contribution in [0.3, 0.4) is 0 Å². The third-order valence-corrected chi connectivity index (χ3v) is 7.24. The number of piperidine rings is 1. The van der Waals surface area contributed by atoms with Crippen molar-refractivity contribution in [1.29, 1.82) is 0 Å². The summed E-state index contributed by atoms with van der Waals surface area (Å²) in [5, 5.41) is 5.52. The maximum Gasteiger partial charge on any atom is 0.329 e. The van der Waals surface area contributed by atoms with E-state index in [9.17, 15) is 19.2 Å². The van der Waals surface area contributed by atoms with Crippen LogP contribution in [-0.4, -0.2) is 52.2 Å². The fraction of sp³-hybridized carbons (Fsp3) is 0.429. The van der Waals surface area contributed by atoms with Crippen LogP contribution < -0.4 is 16.3 Å². The van der Waals surface area contributed by atoms with E-state index in [1.807, 2.05) is 48.5 Å². The number of nitrogens with one attached hydrogen (secondary N) is 2. The monoisotopic (exact) mass is 520 g/mol. The van der Waals surface area contributed by atoms with Gasteiger partial charge in [0.15, 0.2) is 0 Å². The van der Waals surface area contributed by atoms with E-state index >= 15 is 0 Å². The van der Waals surface area contributed by atoms with Gasteiger partial charge in [0.05, 0.1) is 17.1 Å². The van der Waals surface area contributed by atoms with Gasteiger partial charge in [-0.05, 0) is 42.5 Å². The van der Waals surface area contributed by atoms with E-state index in [-0.39, 0.29) is 42.7 Å². The van der Waals surface area contributed by atoms with E-state index in [2.05, 4.69) is 10.6 Å². The summed E-state index contributed by atoms with van der Waals surface area (Å²) in [6.45, 7) is 1.41. The maximum atomic E-state index is 12.9. The quantitative estimate of drug-likeness (QED) is 0.251. The van der Waals surface area contributed by atoms with Crippen LogP contribution in [0, 0.1) is 0 Å². The number of amides is 2. The number of hydrogen-bond acceptors (Lipinski definition) is 7. The Morgan fingerprint density at radius 3 is 2.66 bits per heavy atom. The predicted molar refractivity (Wildman–Crippen MR) is 139 cm³/mol. The largest absolute Gasteiger partial charge is 0.460 e. The molecule has 2 amide bonds. The molecule has 0 spiro atoms. The van der Waals surface area contributed by atoms with E-state index in [1.165, 1.54) is 4.57 Å². The first-order chi connectivity index (χ1) is 18.4. The lowest BCUT2D eigenvalue weighted by Crippen LogP contribution is -2.44. The Balaban J connectivity index is 1.11. The molecule has 1 aromatic heterocycles. The summed E-state index contributed by atoms with van der Waals surface area (Å²) in [6.07, 6.45) is 2.60. The Kier molecular flexibility index (Phi) is 7.71. The molecule has 3 heterocycles. The highest BCUT2D eigenvalue weighted by molar-refractivity contribution is 6.00. The average Bonchev–Trinajstić information content (AvgIpc) is 3.49. The smallest absolute Gasteiger partial charge is 0.329 e. The highest BCUT2D eigenvalue weighted by Gasteiger charge is 2.32. The van der Waals surface area contributed by atoms with Crippen molar-refractivity contribution in [3.8, 4) is 0 Å². The van der Waals surface area contributed by atoms with Gasteiger partial charge in [0.1, 0.15) is 18.7 Å². The van der Waals surface area contributed by atoms with Crippen LogP contribution in [-0.2, 0) is 43.9 Å². The predicted octanol–water partition coefficient (Wildman–Crippen LogP) is 1.74. The van der Waals surface area contributed by atoms with Crippen LogP contribution >= 0.6 is 0 Å². The standard InChI is InChI=1S/C28H32N4O6/c1-31-24-14-18(9-10-22(24)32(28(31)36)23-11-12-25(33)30-26(23)34)8-5-13-37-20-15-21(29-16-20)27(35)38-17-19-6-3-2-4-7-19/h2-4,6-7,9-10,14,20-21,23,29H,5,8,11-13,15-17H2,1H3,(H,30,33,34). The summed E-state index contributed by atoms with van der Waals surface area (Å²) in [7, 11) is 1.69. The van der Waals surface area contributed by atoms with Gasteiger partial charge >= 0.3 is 11.7 Å². The number of imide groups is 1. The van der Waals surface area contributed by atoms with Gasteiger partial charge in [-0.15, -0.1) is 0 Å². The van der Waals surface area contributed by atoms with Crippen molar-refractivity contribution in [3.63, 3.8) is 0 Å². The lowest BCUT2D eigenvalue weighted by atomic mass is 10.1. The molecular formula is C28H32N4O6. The Morgan fingerprint density at radius 2 is 1.87 bits per heavy atom. The fourth-order valence-corrected chi connectivity index (χ4v) is 5.16. The second kappa shape index (κ2) is 11.3. The van der Waals surface area contributed by atoms with E-state index in [4.69, 9.17) is 9.47 Å². The van der Waals surface area contributed by atoms with Crippen molar-refractivity contribution in [1.82, 2.24) is 19.8 Å². The van der Waals surface area contributed by atoms with Gasteiger partial charge in [0.2, 0.25) is 11.8 Å². The first-order valence-electron chi connectivity index (χ1n) is 13.0. The molecule has 3 aromatic rings. The Labute approximate surface area is 219 Å². The molecule has 0 aliphatic carbocycles. The van der Waals surface area contributed by atoms with Crippen LogP contribution in [0.15, 0.2) is 53.3 Å². The number of aromatic nitrogens is 2. The maximum absolute atomic E-state index is 12.9. The van der Waals surface area contributed by atoms with E-state index < -0.39 is 11.9 Å². The number of esters is 1. The number of aryl methyl sites for hydroxylation is 2. The van der Waals surface area contributed by atoms with Gasteiger partial charge in [0.25, 0.3) is 0 Å². The van der Waals surface area contributed by atoms with Crippen molar-refractivity contribution in [2.24, 2.45) is 7.05 Å². The molecule has 10 heteroatoms. The number of hydrogen-bond donors (Lipinski definition) is 2. The van der Waals surface area contributed by atoms with Crippen LogP contribution in [0.4, 0.5) is 0 Å². The molecule has 2 aliphatic heterocycles. The number of rotatable bonds is 9. The van der Waals surface area contributed by atoms with Crippen molar-refractivity contribution in [3.05, 3.63) is 70.1 Å². The van der Waals surface area contributed by atoms with Gasteiger partial charge in [-0.25, -0.2) is 4.79 Å². The summed E-state index contributed by atoms with van der Waals surface area (Å²) >= 11 is 0. The zero-order chi connectivity index (χ0) is 26.6. The number of carbonyl (C=O) groups excluding carboxylic acids is 3. The highest BCUT2D eigenvalue weighted by atomic mass is 16.5. The first-order valence-corrected chi connectivity index (χ1v) is 13.0. The van der Waals surface area contributed by atoms with Gasteiger partial charge in [-0.1, -0.05) is 36.4 Å². The topological polar surface area (TPSA) is 121 Å². The Morgan fingerprint density at radius 1 is 1.05 bits per heavy atom. The summed E-state index contributed by atoms with van der Waals surface area (Å²) in [4.78, 5) is 49.2. The normalized spacial score (nSPS) is 21.6. The minimum Gasteiger partial charge on any atom is -0.460 e. The molecule has 3 atom stereocenters. The molecule has 3 unspecified atom stereocenters. The average molecular weight is 521 g/mol. The molecule has 38 heavy (non-hydrogen) atoms. The molecule has 0 radical (unpaired) electrons. The van der Waals surface area contributed by atoms with Gasteiger partial charge in [-0.2, -0.15) is 0 Å². The van der Waals surface area contributed by atoms with Crippen molar-refractivity contribution in [2.75, 3.05) is 13.2 Å². The fourth-order valence-electron chi connectivity index (χ4n) is 5.16. The zero-order valence-corrected chi connectivity index (χ0v) is 21.4. The second-order valence-electron chi connectivity index (χ2n) is 9.89. The SMILES string of the molecule is Cn1c(=O)n(C2CCC(=O)NC2=O)c2ccc(CCCOC3CNC(C(=O)OCc4ccccc4)C3)cc21. The number of imidazole rings is 1. The molecule has 0 saturated carbocycles. The summed E-state index contributed by atoms with van der Waals surface area (Å²) in [6, 6.07) is 14.3. The molecular weight excluding hydrogens is 488 g/mol. The van der Waals surface area contributed by atoms with E-state index in [1.54, 1.807) is 11.6 Å². The lowest BCUT2D eigenvalue weighted by Gasteiger charge is -2.21. The number of carbonyl (C=O) groups is 3. The van der Waals surface area contributed by atoms with E-state index in [0.717, 1.165) is 29.5 Å². The molecule has 10 nitrogen and oxygen atoms in total. The van der Waals surface area contributed by atoms with Crippen molar-refractivity contribution in [2.45, 2.75) is 56.9 Å². The Bertz CT molecular complexity index is 1400. The summed E-state index contributed by atoms with van der Waals surface area (Å²) < 4.78 is 14.5. The molecule has 5 rings (SSSR count). The van der Waals surface area contributed by atoms with E-state index in [0.29, 0.717) is 31.5 Å². The minimum atomic E-state index is -0.692. The highest BCUT2D eigenvalue weighted by Crippen LogP contribution is 2.24. The summed E-state index contributed by atoms with van der Waals surface area (Å²) in [5.74, 6) is -1.01. The van der Waals surface area contributed by atoms with Gasteiger partial charge in [0, 0.05) is 33.0 Å². The number of fused-ring (bicyclic) bond motifs is 1. The molecule has 2 aliphatic rings. The van der Waals surface area contributed by atoms with Crippen LogP contribution in [0.5, 0.6) is 0 Å². The summed E-state index contributed by atoms with van der Waals surface area (Å²) in [5.41, 5.74) is 3.16. The molecule has 200 valence electrons. The van der Waals surface area contributed by atoms with Gasteiger partial charge < -0.3 is 14.8 Å². The number of benzene rings is 2. The Hall–Kier alpha value is -3.76. The minimum absolute atomic E-state index is 0.0462. The van der Waals surface area contributed by atoms with Crippen molar-refractivity contribution < 1.29 is 23.9 Å². The van der Waals surface area contributed by atoms with Crippen LogP contribution in [0.1, 0.15) is 42.9 Å². The molecule has 2 N–H and O–H groups in total. The number of ether oxygens (including phenoxy) is 2. The molecule has 2 saturated heterocycles.